The maximum Gasteiger partial charge on any atom is 0.162 e. The normalized spacial score (nSPS) is 17.9. The largest absolute Gasteiger partial charge is 0.368 e. The Labute approximate surface area is 177 Å². The topological polar surface area (TPSA) is 49.6 Å². The van der Waals surface area contributed by atoms with Crippen LogP contribution in [0.1, 0.15) is 29.8 Å². The van der Waals surface area contributed by atoms with Crippen LogP contribution in [0.25, 0.3) is 28.9 Å². The lowest BCUT2D eigenvalue weighted by molar-refractivity contribution is 0.00127. The first kappa shape index (κ1) is 19.0. The zero-order valence-corrected chi connectivity index (χ0v) is 18.0. The predicted octanol–water partition coefficient (Wildman–Crippen LogP) is 3.92. The van der Waals surface area contributed by atoms with Gasteiger partial charge in [0.1, 0.15) is 0 Å². The molecule has 1 saturated carbocycles. The van der Waals surface area contributed by atoms with E-state index in [9.17, 15) is 0 Å². The van der Waals surface area contributed by atoms with E-state index in [4.69, 9.17) is 4.98 Å². The van der Waals surface area contributed by atoms with Crippen molar-refractivity contribution in [3.8, 4) is 11.1 Å². The summed E-state index contributed by atoms with van der Waals surface area (Å²) in [4.78, 5) is 14.1. The number of aryl methyl sites for hydroxylation is 1. The zero-order chi connectivity index (χ0) is 21.0. The second kappa shape index (κ2) is 6.77. The number of aromatic nitrogens is 4. The van der Waals surface area contributed by atoms with Crippen molar-refractivity contribution in [1.29, 1.82) is 0 Å². The molecule has 0 N–H and O–H groups in total. The Morgan fingerprint density at radius 3 is 2.57 bits per heavy atom. The summed E-state index contributed by atoms with van der Waals surface area (Å²) in [5, 5.41) is 4.60. The molecule has 0 amide bonds. The standard InChI is InChI=1S/C24H28N6/c1-6-19-20(8-16(3)27-22(19)7-2)21-12-26-30-13-18(11-25-23(21)30)29-14-24(15-29)9-17(10-24)28(4)5/h6-8,11-13,17H,1-2,9-10,14-15H2,3-5H3. The van der Waals surface area contributed by atoms with Crippen LogP contribution in [-0.4, -0.2) is 57.7 Å². The molecule has 6 nitrogen and oxygen atoms in total. The van der Waals surface area contributed by atoms with Gasteiger partial charge in [-0.2, -0.15) is 5.10 Å². The average Bonchev–Trinajstić information content (AvgIpc) is 3.08. The lowest BCUT2D eigenvalue weighted by atomic mass is 9.60. The summed E-state index contributed by atoms with van der Waals surface area (Å²) >= 11 is 0. The summed E-state index contributed by atoms with van der Waals surface area (Å²) in [6.07, 6.45) is 12.2. The number of pyridine rings is 1. The number of hydrogen-bond donors (Lipinski definition) is 0. The first-order valence-corrected chi connectivity index (χ1v) is 10.4. The van der Waals surface area contributed by atoms with Gasteiger partial charge in [-0.15, -0.1) is 0 Å². The van der Waals surface area contributed by atoms with E-state index in [0.29, 0.717) is 5.41 Å². The molecule has 1 saturated heterocycles. The summed E-state index contributed by atoms with van der Waals surface area (Å²) in [5.74, 6) is 0. The molecule has 3 aromatic heterocycles. The van der Waals surface area contributed by atoms with Gasteiger partial charge in [-0.05, 0) is 51.6 Å². The summed E-state index contributed by atoms with van der Waals surface area (Å²) in [6, 6.07) is 2.80. The molecule has 0 bridgehead atoms. The Bertz CT molecular complexity index is 1140. The lowest BCUT2D eigenvalue weighted by Crippen LogP contribution is -2.66. The van der Waals surface area contributed by atoms with Gasteiger partial charge in [-0.25, -0.2) is 9.50 Å². The van der Waals surface area contributed by atoms with Crippen molar-refractivity contribution in [3.63, 3.8) is 0 Å². The van der Waals surface area contributed by atoms with Crippen LogP contribution in [-0.2, 0) is 0 Å². The molecule has 1 spiro atoms. The van der Waals surface area contributed by atoms with E-state index in [0.717, 1.165) is 58.5 Å². The quantitative estimate of drug-likeness (QED) is 0.650. The van der Waals surface area contributed by atoms with Gasteiger partial charge in [0.15, 0.2) is 5.65 Å². The smallest absolute Gasteiger partial charge is 0.162 e. The first-order valence-electron chi connectivity index (χ1n) is 10.4. The van der Waals surface area contributed by atoms with E-state index in [1.54, 1.807) is 6.08 Å². The third-order valence-corrected chi connectivity index (χ3v) is 6.73. The second-order valence-corrected chi connectivity index (χ2v) is 9.04. The van der Waals surface area contributed by atoms with Crippen LogP contribution >= 0.6 is 0 Å². The summed E-state index contributed by atoms with van der Waals surface area (Å²) in [6.45, 7) is 12.1. The Kier molecular flexibility index (Phi) is 4.29. The van der Waals surface area contributed by atoms with Gasteiger partial charge in [-0.3, -0.25) is 4.98 Å². The number of nitrogens with zero attached hydrogens (tertiary/aromatic N) is 6. The SMILES string of the molecule is C=Cc1nc(C)cc(-c2cnn3cc(N4CC5(CC(N(C)C)C5)C4)cnc23)c1C=C. The average molecular weight is 401 g/mol. The van der Waals surface area contributed by atoms with Crippen molar-refractivity contribution < 1.29 is 0 Å². The molecule has 3 aromatic rings. The van der Waals surface area contributed by atoms with Crippen molar-refractivity contribution in [2.24, 2.45) is 5.41 Å². The van der Waals surface area contributed by atoms with Gasteiger partial charge < -0.3 is 9.80 Å². The van der Waals surface area contributed by atoms with Crippen molar-refractivity contribution in [3.05, 3.63) is 54.8 Å². The lowest BCUT2D eigenvalue weighted by Gasteiger charge is -2.61. The van der Waals surface area contributed by atoms with E-state index in [2.05, 4.69) is 59.4 Å². The molecule has 0 aromatic carbocycles. The summed E-state index contributed by atoms with van der Waals surface area (Å²) in [5.41, 5.74) is 7.23. The van der Waals surface area contributed by atoms with Crippen LogP contribution < -0.4 is 4.90 Å². The number of anilines is 1. The van der Waals surface area contributed by atoms with Gasteiger partial charge in [0.05, 0.1) is 30.0 Å². The monoisotopic (exact) mass is 400 g/mol. The van der Waals surface area contributed by atoms with Crippen LogP contribution in [0.5, 0.6) is 0 Å². The van der Waals surface area contributed by atoms with E-state index in [1.165, 1.54) is 12.8 Å². The second-order valence-electron chi connectivity index (χ2n) is 9.04. The minimum Gasteiger partial charge on any atom is -0.368 e. The van der Waals surface area contributed by atoms with Crippen LogP contribution in [0.4, 0.5) is 5.69 Å². The highest BCUT2D eigenvalue weighted by Crippen LogP contribution is 2.50. The number of rotatable bonds is 5. The maximum atomic E-state index is 4.79. The summed E-state index contributed by atoms with van der Waals surface area (Å²) < 4.78 is 1.88. The van der Waals surface area contributed by atoms with Gasteiger partial charge in [0, 0.05) is 41.4 Å². The van der Waals surface area contributed by atoms with Crippen molar-refractivity contribution >= 4 is 23.5 Å². The van der Waals surface area contributed by atoms with Crippen molar-refractivity contribution in [1.82, 2.24) is 24.5 Å². The third-order valence-electron chi connectivity index (χ3n) is 6.73. The highest BCUT2D eigenvalue weighted by molar-refractivity contribution is 5.86. The molecule has 2 aliphatic rings. The van der Waals surface area contributed by atoms with Crippen LogP contribution in [0.15, 0.2) is 37.8 Å². The van der Waals surface area contributed by atoms with Gasteiger partial charge in [0.25, 0.3) is 0 Å². The molecular weight excluding hydrogens is 372 g/mol. The Balaban J connectivity index is 1.43. The minimum atomic E-state index is 0.508. The van der Waals surface area contributed by atoms with Gasteiger partial charge >= 0.3 is 0 Å². The first-order chi connectivity index (χ1) is 14.4. The maximum absolute atomic E-state index is 4.79. The van der Waals surface area contributed by atoms with Crippen molar-refractivity contribution in [2.45, 2.75) is 25.8 Å². The Morgan fingerprint density at radius 1 is 1.13 bits per heavy atom. The molecule has 1 aliphatic heterocycles. The Morgan fingerprint density at radius 2 is 1.90 bits per heavy atom. The number of fused-ring (bicyclic) bond motifs is 1. The molecule has 0 radical (unpaired) electrons. The molecular formula is C24H28N6. The van der Waals surface area contributed by atoms with Gasteiger partial charge in [-0.1, -0.05) is 19.2 Å². The molecule has 0 atom stereocenters. The van der Waals surface area contributed by atoms with E-state index in [-0.39, 0.29) is 0 Å². The molecule has 4 heterocycles. The van der Waals surface area contributed by atoms with Crippen LogP contribution in [0.2, 0.25) is 0 Å². The molecule has 30 heavy (non-hydrogen) atoms. The molecule has 1 aliphatic carbocycles. The van der Waals surface area contributed by atoms with Crippen LogP contribution in [0, 0.1) is 12.3 Å². The minimum absolute atomic E-state index is 0.508. The van der Waals surface area contributed by atoms with E-state index >= 15 is 0 Å². The third kappa shape index (κ3) is 2.86. The van der Waals surface area contributed by atoms with Crippen LogP contribution in [0.3, 0.4) is 0 Å². The van der Waals surface area contributed by atoms with Gasteiger partial charge in [0.2, 0.25) is 0 Å². The zero-order valence-electron chi connectivity index (χ0n) is 18.0. The fourth-order valence-electron chi connectivity index (χ4n) is 5.03. The molecule has 154 valence electrons. The summed E-state index contributed by atoms with van der Waals surface area (Å²) in [7, 11) is 4.36. The predicted molar refractivity (Wildman–Crippen MR) is 122 cm³/mol. The fraction of sp³-hybridized carbons (Fsp3) is 0.375. The fourth-order valence-corrected chi connectivity index (χ4v) is 5.03. The highest BCUT2D eigenvalue weighted by Gasteiger charge is 2.53. The Hall–Kier alpha value is -2.99. The number of hydrogen-bond acceptors (Lipinski definition) is 5. The van der Waals surface area contributed by atoms with E-state index in [1.807, 2.05) is 29.9 Å². The molecule has 5 rings (SSSR count). The van der Waals surface area contributed by atoms with E-state index < -0.39 is 0 Å². The highest BCUT2D eigenvalue weighted by atomic mass is 15.3. The van der Waals surface area contributed by atoms with Crippen molar-refractivity contribution in [2.75, 3.05) is 32.1 Å². The molecule has 2 fully saturated rings. The molecule has 6 heteroatoms. The molecule has 0 unspecified atom stereocenters.